The average molecular weight is 405 g/mol. The van der Waals surface area contributed by atoms with Crippen LogP contribution in [0.15, 0.2) is 109 Å². The van der Waals surface area contributed by atoms with Crippen molar-refractivity contribution in [3.8, 4) is 22.5 Å². The van der Waals surface area contributed by atoms with Gasteiger partial charge in [-0.3, -0.25) is 9.97 Å². The van der Waals surface area contributed by atoms with E-state index >= 15 is 0 Å². The normalized spacial score (nSPS) is 11.4. The highest BCUT2D eigenvalue weighted by Crippen LogP contribution is 2.18. The van der Waals surface area contributed by atoms with Crippen molar-refractivity contribution in [2.75, 3.05) is 13.2 Å². The molecule has 0 spiro atoms. The van der Waals surface area contributed by atoms with Gasteiger partial charge in [0.2, 0.25) is 0 Å². The maximum atomic E-state index is 5.67. The lowest BCUT2D eigenvalue weighted by molar-refractivity contribution is 0.195. The summed E-state index contributed by atoms with van der Waals surface area (Å²) in [4.78, 5) is 8.75. The Morgan fingerprint density at radius 3 is 1.39 bits per heavy atom. The van der Waals surface area contributed by atoms with E-state index in [1.165, 1.54) is 0 Å². The summed E-state index contributed by atoms with van der Waals surface area (Å²) in [6, 6.07) is 28.6. The summed E-state index contributed by atoms with van der Waals surface area (Å²) in [6.45, 7) is 1.15. The maximum absolute atomic E-state index is 5.67. The second-order valence-electron chi connectivity index (χ2n) is 7.02. The van der Waals surface area contributed by atoms with Crippen LogP contribution in [0.5, 0.6) is 0 Å². The molecule has 31 heavy (non-hydrogen) atoms. The molecule has 152 valence electrons. The Labute approximate surface area is 183 Å². The Kier molecular flexibility index (Phi) is 7.13. The molecule has 3 heteroatoms. The molecule has 0 saturated carbocycles. The molecule has 0 atom stereocenters. The number of rotatable bonds is 8. The van der Waals surface area contributed by atoms with E-state index < -0.39 is 0 Å². The van der Waals surface area contributed by atoms with E-state index in [2.05, 4.69) is 70.7 Å². The highest BCUT2D eigenvalue weighted by Gasteiger charge is 1.98. The van der Waals surface area contributed by atoms with Crippen LogP contribution < -0.4 is 0 Å². The Morgan fingerprint density at radius 1 is 0.548 bits per heavy atom. The minimum absolute atomic E-state index is 0.574. The van der Waals surface area contributed by atoms with Crippen molar-refractivity contribution in [1.29, 1.82) is 0 Å². The van der Waals surface area contributed by atoms with Gasteiger partial charge in [-0.2, -0.15) is 0 Å². The number of nitrogens with zero attached hydrogens (tertiary/aromatic N) is 2. The summed E-state index contributed by atoms with van der Waals surface area (Å²) in [5.41, 5.74) is 6.50. The Morgan fingerprint density at radius 2 is 1.00 bits per heavy atom. The Bertz CT molecular complexity index is 1020. The van der Waals surface area contributed by atoms with Crippen LogP contribution in [0.1, 0.15) is 11.1 Å². The van der Waals surface area contributed by atoms with E-state index in [-0.39, 0.29) is 0 Å². The largest absolute Gasteiger partial charge is 0.373 e. The maximum Gasteiger partial charge on any atom is 0.0701 e. The summed E-state index contributed by atoms with van der Waals surface area (Å²) < 4.78 is 5.67. The molecule has 2 heterocycles. The van der Waals surface area contributed by atoms with Crippen LogP contribution in [0, 0.1) is 0 Å². The van der Waals surface area contributed by atoms with E-state index in [9.17, 15) is 0 Å². The molecule has 0 saturated heterocycles. The Balaban J connectivity index is 1.20. The molecule has 3 nitrogen and oxygen atoms in total. The molecule has 2 aromatic carbocycles. The molecule has 2 aromatic heterocycles. The molecule has 0 radical (unpaired) electrons. The van der Waals surface area contributed by atoms with Crippen molar-refractivity contribution in [3.63, 3.8) is 0 Å². The van der Waals surface area contributed by atoms with Crippen LogP contribution in [0.25, 0.3) is 34.7 Å². The lowest BCUT2D eigenvalue weighted by Gasteiger charge is -2.01. The molecule has 0 bridgehead atoms. The molecule has 0 amide bonds. The van der Waals surface area contributed by atoms with Crippen LogP contribution in [-0.4, -0.2) is 23.2 Å². The number of ether oxygens (including phenoxy) is 1. The zero-order chi connectivity index (χ0) is 21.1. The third-order valence-corrected chi connectivity index (χ3v) is 4.79. The minimum atomic E-state index is 0.574. The lowest BCUT2D eigenvalue weighted by Crippen LogP contribution is -1.90. The van der Waals surface area contributed by atoms with Gasteiger partial charge in [0, 0.05) is 23.5 Å². The van der Waals surface area contributed by atoms with Gasteiger partial charge in [0.1, 0.15) is 0 Å². The monoisotopic (exact) mass is 404 g/mol. The van der Waals surface area contributed by atoms with Crippen LogP contribution in [0.2, 0.25) is 0 Å². The summed E-state index contributed by atoms with van der Waals surface area (Å²) in [5.74, 6) is 0. The number of pyridine rings is 2. The number of hydrogen-bond acceptors (Lipinski definition) is 3. The van der Waals surface area contributed by atoms with Gasteiger partial charge in [-0.1, -0.05) is 85.0 Å². The van der Waals surface area contributed by atoms with Gasteiger partial charge in [-0.25, -0.2) is 0 Å². The van der Waals surface area contributed by atoms with Gasteiger partial charge < -0.3 is 4.74 Å². The van der Waals surface area contributed by atoms with Gasteiger partial charge in [0.05, 0.1) is 24.6 Å². The van der Waals surface area contributed by atoms with Crippen molar-refractivity contribution >= 4 is 12.2 Å². The van der Waals surface area contributed by atoms with Gasteiger partial charge in [0.25, 0.3) is 0 Å². The third-order valence-electron chi connectivity index (χ3n) is 4.79. The SMILES string of the molecule is C(=Cc1ccc(-c2ccccn2)cc1)COCC=Cc1ccc(-c2ccccn2)cc1. The molecule has 0 aliphatic carbocycles. The number of hydrogen-bond donors (Lipinski definition) is 0. The average Bonchev–Trinajstić information content (AvgIpc) is 2.85. The van der Waals surface area contributed by atoms with Crippen LogP contribution in [0.3, 0.4) is 0 Å². The first-order chi connectivity index (χ1) is 15.4. The first-order valence-corrected chi connectivity index (χ1v) is 10.3. The van der Waals surface area contributed by atoms with Crippen molar-refractivity contribution in [3.05, 3.63) is 121 Å². The van der Waals surface area contributed by atoms with E-state index in [1.807, 2.05) is 60.9 Å². The minimum Gasteiger partial charge on any atom is -0.373 e. The lowest BCUT2D eigenvalue weighted by atomic mass is 10.1. The molecule has 4 aromatic rings. The summed E-state index contributed by atoms with van der Waals surface area (Å²) in [7, 11) is 0. The van der Waals surface area contributed by atoms with Gasteiger partial charge in [-0.15, -0.1) is 0 Å². The molecule has 4 rings (SSSR count). The van der Waals surface area contributed by atoms with Gasteiger partial charge in [0.15, 0.2) is 0 Å². The quantitative estimate of drug-likeness (QED) is 0.312. The highest BCUT2D eigenvalue weighted by atomic mass is 16.5. The summed E-state index contributed by atoms with van der Waals surface area (Å²) >= 11 is 0. The van der Waals surface area contributed by atoms with Crippen LogP contribution in [-0.2, 0) is 4.74 Å². The van der Waals surface area contributed by atoms with Gasteiger partial charge >= 0.3 is 0 Å². The van der Waals surface area contributed by atoms with Crippen molar-refractivity contribution in [2.24, 2.45) is 0 Å². The van der Waals surface area contributed by atoms with E-state index in [4.69, 9.17) is 4.74 Å². The number of aromatic nitrogens is 2. The first-order valence-electron chi connectivity index (χ1n) is 10.3. The van der Waals surface area contributed by atoms with E-state index in [1.54, 1.807) is 0 Å². The van der Waals surface area contributed by atoms with Crippen LogP contribution >= 0.6 is 0 Å². The predicted molar refractivity (Wildman–Crippen MR) is 128 cm³/mol. The van der Waals surface area contributed by atoms with E-state index in [0.717, 1.165) is 33.6 Å². The van der Waals surface area contributed by atoms with Crippen molar-refractivity contribution < 1.29 is 4.74 Å². The zero-order valence-corrected chi connectivity index (χ0v) is 17.3. The number of benzene rings is 2. The fourth-order valence-electron chi connectivity index (χ4n) is 3.17. The first kappa shape index (κ1) is 20.5. The second-order valence-corrected chi connectivity index (χ2v) is 7.02. The van der Waals surface area contributed by atoms with Crippen LogP contribution in [0.4, 0.5) is 0 Å². The molecule has 0 aliphatic rings. The van der Waals surface area contributed by atoms with Crippen molar-refractivity contribution in [2.45, 2.75) is 0 Å². The summed E-state index contributed by atoms with van der Waals surface area (Å²) in [6.07, 6.45) is 11.8. The molecular weight excluding hydrogens is 380 g/mol. The highest BCUT2D eigenvalue weighted by molar-refractivity contribution is 5.63. The molecule has 0 aliphatic heterocycles. The smallest absolute Gasteiger partial charge is 0.0701 e. The summed E-state index contributed by atoms with van der Waals surface area (Å²) in [5, 5.41) is 0. The predicted octanol–water partition coefficient (Wildman–Crippen LogP) is 6.55. The fourth-order valence-corrected chi connectivity index (χ4v) is 3.17. The van der Waals surface area contributed by atoms with E-state index in [0.29, 0.717) is 13.2 Å². The molecular formula is C28H24N2O. The van der Waals surface area contributed by atoms with Gasteiger partial charge in [-0.05, 0) is 35.4 Å². The van der Waals surface area contributed by atoms with Crippen molar-refractivity contribution in [1.82, 2.24) is 9.97 Å². The molecule has 0 fully saturated rings. The topological polar surface area (TPSA) is 35.0 Å². The zero-order valence-electron chi connectivity index (χ0n) is 17.3. The Hall–Kier alpha value is -3.82. The fraction of sp³-hybridized carbons (Fsp3) is 0.0714. The second kappa shape index (κ2) is 10.8. The standard InChI is InChI=1S/C28H24N2O/c1-3-19-29-27(9-1)25-15-11-23(12-16-25)7-5-21-31-22-6-8-24-13-17-26(18-14-24)28-10-2-4-20-30-28/h1-20H,21-22H2. The molecule has 0 N–H and O–H groups in total. The third kappa shape index (κ3) is 6.08. The molecule has 0 unspecified atom stereocenters.